The summed E-state index contributed by atoms with van der Waals surface area (Å²) in [4.78, 5) is 16.6. The number of carbonyl (C=O) groups is 1. The Kier molecular flexibility index (Phi) is 5.22. The van der Waals surface area contributed by atoms with Crippen molar-refractivity contribution >= 4 is 35.0 Å². The predicted molar refractivity (Wildman–Crippen MR) is 105 cm³/mol. The van der Waals surface area contributed by atoms with E-state index in [1.54, 1.807) is 24.4 Å². The van der Waals surface area contributed by atoms with Gasteiger partial charge in [-0.2, -0.15) is 0 Å². The molecule has 8 heteroatoms. The molecule has 1 aromatic heterocycles. The molecule has 6 nitrogen and oxygen atoms in total. The lowest BCUT2D eigenvalue weighted by atomic mass is 10.2. The first-order valence-corrected chi connectivity index (χ1v) is 9.62. The average molecular weight is 402 g/mol. The van der Waals surface area contributed by atoms with Crippen LogP contribution in [0.5, 0.6) is 11.5 Å². The lowest BCUT2D eigenvalue weighted by molar-refractivity contribution is -0.113. The minimum atomic E-state index is -0.119. The van der Waals surface area contributed by atoms with E-state index in [0.29, 0.717) is 28.8 Å². The van der Waals surface area contributed by atoms with Crippen LogP contribution in [0.1, 0.15) is 5.56 Å². The summed E-state index contributed by atoms with van der Waals surface area (Å²) in [7, 11) is 0. The molecule has 138 valence electrons. The highest BCUT2D eigenvalue weighted by Gasteiger charge is 2.15. The van der Waals surface area contributed by atoms with Crippen LogP contribution in [0.25, 0.3) is 0 Å². The summed E-state index contributed by atoms with van der Waals surface area (Å²) in [5.74, 6) is 1.44. The Morgan fingerprint density at radius 2 is 2.07 bits per heavy atom. The van der Waals surface area contributed by atoms with Gasteiger partial charge in [-0.05, 0) is 23.8 Å². The van der Waals surface area contributed by atoms with Gasteiger partial charge in [-0.3, -0.25) is 4.79 Å². The topological polar surface area (TPSA) is 65.4 Å². The molecule has 2 aromatic carbocycles. The fourth-order valence-electron chi connectivity index (χ4n) is 2.67. The molecule has 0 atom stereocenters. The van der Waals surface area contributed by atoms with Gasteiger partial charge in [0.2, 0.25) is 12.7 Å². The number of hydrogen-bond donors (Lipinski definition) is 1. The number of nitrogens with zero attached hydrogens (tertiary/aromatic N) is 2. The highest BCUT2D eigenvalue weighted by molar-refractivity contribution is 7.99. The number of nitrogens with one attached hydrogen (secondary N) is 1. The first-order valence-electron chi connectivity index (χ1n) is 8.26. The maximum atomic E-state index is 12.3. The van der Waals surface area contributed by atoms with Crippen molar-refractivity contribution in [3.05, 3.63) is 65.4 Å². The minimum absolute atomic E-state index is 0.119. The number of imidazole rings is 1. The molecule has 27 heavy (non-hydrogen) atoms. The Morgan fingerprint density at radius 1 is 1.22 bits per heavy atom. The van der Waals surface area contributed by atoms with E-state index in [1.807, 2.05) is 35.0 Å². The average Bonchev–Trinajstić information content (AvgIpc) is 3.30. The van der Waals surface area contributed by atoms with Crippen LogP contribution in [0.4, 0.5) is 5.69 Å². The number of amides is 1. The molecule has 0 unspecified atom stereocenters. The number of halogens is 1. The van der Waals surface area contributed by atoms with Crippen LogP contribution in [-0.2, 0) is 11.3 Å². The molecule has 0 radical (unpaired) electrons. The fraction of sp³-hybridized carbons (Fsp3) is 0.158. The number of fused-ring (bicyclic) bond motifs is 1. The van der Waals surface area contributed by atoms with E-state index in [9.17, 15) is 4.79 Å². The zero-order chi connectivity index (χ0) is 18.6. The summed E-state index contributed by atoms with van der Waals surface area (Å²) in [6.07, 6.45) is 3.59. The van der Waals surface area contributed by atoms with E-state index in [0.717, 1.165) is 10.7 Å². The highest BCUT2D eigenvalue weighted by atomic mass is 35.5. The third-order valence-corrected chi connectivity index (χ3v) is 5.34. The van der Waals surface area contributed by atoms with Gasteiger partial charge in [0.15, 0.2) is 16.7 Å². The molecule has 1 amide bonds. The maximum absolute atomic E-state index is 12.3. The van der Waals surface area contributed by atoms with E-state index in [1.165, 1.54) is 11.8 Å². The molecule has 4 rings (SSSR count). The molecule has 0 spiro atoms. The molecule has 0 saturated heterocycles. The molecule has 0 fully saturated rings. The molecular weight excluding hydrogens is 386 g/mol. The van der Waals surface area contributed by atoms with Crippen molar-refractivity contribution in [2.24, 2.45) is 0 Å². The quantitative estimate of drug-likeness (QED) is 0.631. The van der Waals surface area contributed by atoms with Crippen molar-refractivity contribution in [3.8, 4) is 11.5 Å². The van der Waals surface area contributed by atoms with Gasteiger partial charge in [0.05, 0.1) is 12.3 Å². The highest BCUT2D eigenvalue weighted by Crippen LogP contribution is 2.34. The van der Waals surface area contributed by atoms with Crippen molar-refractivity contribution in [3.63, 3.8) is 0 Å². The molecule has 2 heterocycles. The molecule has 1 aliphatic rings. The van der Waals surface area contributed by atoms with E-state index in [-0.39, 0.29) is 18.5 Å². The number of ether oxygens (including phenoxy) is 2. The van der Waals surface area contributed by atoms with E-state index >= 15 is 0 Å². The fourth-order valence-corrected chi connectivity index (χ4v) is 3.62. The smallest absolute Gasteiger partial charge is 0.234 e. The molecule has 1 aliphatic heterocycles. The number of anilines is 1. The van der Waals surface area contributed by atoms with Crippen LogP contribution in [0.15, 0.2) is 60.0 Å². The van der Waals surface area contributed by atoms with Gasteiger partial charge < -0.3 is 19.4 Å². The number of aromatic nitrogens is 2. The second-order valence-corrected chi connectivity index (χ2v) is 7.18. The van der Waals surface area contributed by atoms with Crippen LogP contribution < -0.4 is 14.8 Å². The Labute approximate surface area is 165 Å². The molecular formula is C19H16ClN3O3S. The summed E-state index contributed by atoms with van der Waals surface area (Å²) in [6.45, 7) is 0.808. The second kappa shape index (κ2) is 7.94. The van der Waals surface area contributed by atoms with E-state index < -0.39 is 0 Å². The summed E-state index contributed by atoms with van der Waals surface area (Å²) >= 11 is 7.60. The number of rotatable bonds is 6. The Balaban J connectivity index is 1.36. The number of hydrogen-bond acceptors (Lipinski definition) is 5. The third-order valence-electron chi connectivity index (χ3n) is 3.96. The normalized spacial score (nSPS) is 12.2. The van der Waals surface area contributed by atoms with Crippen LogP contribution in [-0.4, -0.2) is 28.0 Å². The van der Waals surface area contributed by atoms with Gasteiger partial charge in [0, 0.05) is 29.2 Å². The maximum Gasteiger partial charge on any atom is 0.234 e. The van der Waals surface area contributed by atoms with Crippen molar-refractivity contribution in [2.45, 2.75) is 11.7 Å². The van der Waals surface area contributed by atoms with Crippen molar-refractivity contribution in [1.82, 2.24) is 9.55 Å². The number of thioether (sulfide) groups is 1. The Bertz CT molecular complexity index is 976. The molecule has 0 bridgehead atoms. The predicted octanol–water partition coefficient (Wildman–Crippen LogP) is 4.04. The van der Waals surface area contributed by atoms with Gasteiger partial charge in [-0.25, -0.2) is 4.98 Å². The number of carbonyl (C=O) groups excluding carboxylic acids is 1. The molecule has 1 N–H and O–H groups in total. The molecule has 0 aliphatic carbocycles. The Morgan fingerprint density at radius 3 is 2.96 bits per heavy atom. The lowest BCUT2D eigenvalue weighted by Gasteiger charge is -2.09. The van der Waals surface area contributed by atoms with Crippen molar-refractivity contribution in [1.29, 1.82) is 0 Å². The lowest BCUT2D eigenvalue weighted by Crippen LogP contribution is -2.14. The zero-order valence-corrected chi connectivity index (χ0v) is 15.8. The van der Waals surface area contributed by atoms with Crippen LogP contribution in [0, 0.1) is 0 Å². The SMILES string of the molecule is O=C(CSc1nccn1Cc1ccccc1Cl)Nc1ccc2c(c1)OCO2. The summed E-state index contributed by atoms with van der Waals surface area (Å²) in [5.41, 5.74) is 1.67. The van der Waals surface area contributed by atoms with Crippen molar-refractivity contribution < 1.29 is 14.3 Å². The van der Waals surface area contributed by atoms with Crippen LogP contribution in [0.2, 0.25) is 5.02 Å². The van der Waals surface area contributed by atoms with Gasteiger partial charge in [-0.15, -0.1) is 0 Å². The zero-order valence-electron chi connectivity index (χ0n) is 14.2. The molecule has 0 saturated carbocycles. The largest absolute Gasteiger partial charge is 0.454 e. The third kappa shape index (κ3) is 4.20. The van der Waals surface area contributed by atoms with E-state index in [4.69, 9.17) is 21.1 Å². The second-order valence-electron chi connectivity index (χ2n) is 5.83. The summed E-state index contributed by atoms with van der Waals surface area (Å²) < 4.78 is 12.6. The molecule has 3 aromatic rings. The summed E-state index contributed by atoms with van der Waals surface area (Å²) in [5, 5.41) is 4.33. The van der Waals surface area contributed by atoms with Gasteiger partial charge in [-0.1, -0.05) is 41.6 Å². The first-order chi connectivity index (χ1) is 13.2. The van der Waals surface area contributed by atoms with Crippen molar-refractivity contribution in [2.75, 3.05) is 17.9 Å². The first kappa shape index (κ1) is 17.8. The van der Waals surface area contributed by atoms with Gasteiger partial charge in [0.25, 0.3) is 0 Å². The van der Waals surface area contributed by atoms with Gasteiger partial charge in [0.1, 0.15) is 0 Å². The Hall–Kier alpha value is -2.64. The van der Waals surface area contributed by atoms with E-state index in [2.05, 4.69) is 10.3 Å². The monoisotopic (exact) mass is 401 g/mol. The summed E-state index contributed by atoms with van der Waals surface area (Å²) in [6, 6.07) is 13.0. The standard InChI is InChI=1S/C19H16ClN3O3S/c20-15-4-2-1-3-13(15)10-23-8-7-21-19(23)27-11-18(24)22-14-5-6-16-17(9-14)26-12-25-16/h1-9H,10-12H2,(H,22,24). The number of benzene rings is 2. The van der Waals surface area contributed by atoms with Crippen LogP contribution in [0.3, 0.4) is 0 Å². The van der Waals surface area contributed by atoms with Crippen LogP contribution >= 0.6 is 23.4 Å². The van der Waals surface area contributed by atoms with Gasteiger partial charge >= 0.3 is 0 Å². The minimum Gasteiger partial charge on any atom is -0.454 e.